The van der Waals surface area contributed by atoms with Crippen molar-refractivity contribution in [3.05, 3.63) is 47.2 Å². The van der Waals surface area contributed by atoms with Crippen LogP contribution >= 0.6 is 11.3 Å². The van der Waals surface area contributed by atoms with Crippen LogP contribution in [0.25, 0.3) is 21.3 Å². The normalized spacial score (nSPS) is 30.1. The monoisotopic (exact) mass is 496 g/mol. The zero-order chi connectivity index (χ0) is 24.5. The van der Waals surface area contributed by atoms with Crippen LogP contribution in [0.2, 0.25) is 0 Å². The summed E-state index contributed by atoms with van der Waals surface area (Å²) in [5.41, 5.74) is 3.08. The second kappa shape index (κ2) is 8.43. The number of amides is 1. The van der Waals surface area contributed by atoms with Gasteiger partial charge in [-0.05, 0) is 74.1 Å². The number of halogens is 1. The number of carbonyl (C=O) groups excluding carboxylic acids is 1. The highest BCUT2D eigenvalue weighted by Gasteiger charge is 2.58. The molecule has 2 aliphatic carbocycles. The first kappa shape index (κ1) is 23.2. The molecular formula is C28H33FN2O3S. The number of hydrogen-bond donors (Lipinski definition) is 2. The maximum absolute atomic E-state index is 13.8. The van der Waals surface area contributed by atoms with E-state index in [9.17, 15) is 14.3 Å². The SMILES string of the molecule is COC(C)(O)C1C2CC3CC(C2)N(C(=O)CC(C)c2c[nH]c4cccc(-c5ccc(F)s5)c24)C1C3. The second-order valence-corrected chi connectivity index (χ2v) is 12.1. The minimum Gasteiger partial charge on any atom is -0.365 e. The fraction of sp³-hybridized carbons (Fsp3) is 0.536. The number of benzene rings is 1. The maximum atomic E-state index is 13.8. The van der Waals surface area contributed by atoms with Gasteiger partial charge >= 0.3 is 0 Å². The van der Waals surface area contributed by atoms with E-state index < -0.39 is 5.79 Å². The number of hydrogen-bond acceptors (Lipinski definition) is 4. The number of H-pyrrole nitrogens is 1. The van der Waals surface area contributed by atoms with Gasteiger partial charge in [0, 0.05) is 59.1 Å². The summed E-state index contributed by atoms with van der Waals surface area (Å²) in [6.07, 6.45) is 6.54. The lowest BCUT2D eigenvalue weighted by Crippen LogP contribution is -2.68. The van der Waals surface area contributed by atoms with Crippen LogP contribution in [0.5, 0.6) is 0 Å². The average Bonchev–Trinajstić information content (AvgIpc) is 3.44. The lowest BCUT2D eigenvalue weighted by molar-refractivity contribution is -0.263. The van der Waals surface area contributed by atoms with E-state index in [0.29, 0.717) is 18.3 Å². The van der Waals surface area contributed by atoms with Crippen LogP contribution in [-0.4, -0.2) is 45.9 Å². The quantitative estimate of drug-likeness (QED) is 0.418. The molecule has 2 saturated carbocycles. The first-order valence-corrected chi connectivity index (χ1v) is 13.5. The predicted octanol–water partition coefficient (Wildman–Crippen LogP) is 5.90. The second-order valence-electron chi connectivity index (χ2n) is 11.1. The van der Waals surface area contributed by atoms with Crippen LogP contribution in [0.3, 0.4) is 0 Å². The van der Waals surface area contributed by atoms with E-state index in [2.05, 4.69) is 16.8 Å². The number of nitrogens with zero attached hydrogens (tertiary/aromatic N) is 1. The molecule has 4 heterocycles. The third-order valence-electron chi connectivity index (χ3n) is 8.97. The van der Waals surface area contributed by atoms with Crippen LogP contribution < -0.4 is 0 Å². The average molecular weight is 497 g/mol. The molecule has 2 N–H and O–H groups in total. The number of fused-ring (bicyclic) bond motifs is 1. The van der Waals surface area contributed by atoms with E-state index in [1.165, 1.54) is 6.07 Å². The van der Waals surface area contributed by atoms with Crippen molar-refractivity contribution >= 4 is 28.1 Å². The molecule has 2 aromatic heterocycles. The fourth-order valence-corrected chi connectivity index (χ4v) is 8.35. The lowest BCUT2D eigenvalue weighted by Gasteiger charge is -2.62. The van der Waals surface area contributed by atoms with Crippen molar-refractivity contribution in [2.75, 3.05) is 7.11 Å². The largest absolute Gasteiger partial charge is 0.365 e. The van der Waals surface area contributed by atoms with Crippen LogP contribution in [0.4, 0.5) is 4.39 Å². The summed E-state index contributed by atoms with van der Waals surface area (Å²) in [6.45, 7) is 3.86. The topological polar surface area (TPSA) is 65.6 Å². The third-order valence-corrected chi connectivity index (χ3v) is 9.88. The van der Waals surface area contributed by atoms with Gasteiger partial charge in [0.1, 0.15) is 0 Å². The molecule has 7 atom stereocenters. The van der Waals surface area contributed by atoms with E-state index in [4.69, 9.17) is 4.74 Å². The van der Waals surface area contributed by atoms with E-state index in [0.717, 1.165) is 63.9 Å². The first-order chi connectivity index (χ1) is 16.8. The van der Waals surface area contributed by atoms with E-state index >= 15 is 0 Å². The Bertz CT molecular complexity index is 1270. The Morgan fingerprint density at radius 3 is 2.86 bits per heavy atom. The number of thiophene rings is 1. The number of piperidine rings is 2. The summed E-state index contributed by atoms with van der Waals surface area (Å²) in [4.78, 5) is 20.2. The van der Waals surface area contributed by atoms with Crippen LogP contribution in [0, 0.1) is 22.9 Å². The molecule has 7 unspecified atom stereocenters. The standard InChI is InChI=1S/C28H33FN2O3S/c1-15(20-14-30-21-6-4-5-19(26(20)21)23-7-8-24(29)35-23)9-25(32)31-18-11-16-10-17(13-18)27(22(31)12-16)28(2,33)34-3/h4-8,14-18,22,27,30,33H,9-13H2,1-3H3. The Morgan fingerprint density at radius 2 is 2.11 bits per heavy atom. The highest BCUT2D eigenvalue weighted by Crippen LogP contribution is 2.55. The Labute approximate surface area is 209 Å². The lowest BCUT2D eigenvalue weighted by atomic mass is 9.56. The van der Waals surface area contributed by atoms with Crippen molar-refractivity contribution in [2.45, 2.75) is 69.7 Å². The molecule has 1 amide bonds. The molecule has 2 aliphatic heterocycles. The molecule has 5 nitrogen and oxygen atoms in total. The van der Waals surface area contributed by atoms with E-state index in [1.807, 2.05) is 30.5 Å². The third kappa shape index (κ3) is 3.74. The Morgan fingerprint density at radius 1 is 1.29 bits per heavy atom. The summed E-state index contributed by atoms with van der Waals surface area (Å²) in [6, 6.07) is 9.67. The molecule has 186 valence electrons. The van der Waals surface area contributed by atoms with Gasteiger partial charge in [-0.3, -0.25) is 4.79 Å². The minimum absolute atomic E-state index is 0.000724. The number of aromatic amines is 1. The van der Waals surface area contributed by atoms with E-state index in [1.54, 1.807) is 14.0 Å². The van der Waals surface area contributed by atoms with Crippen LogP contribution in [-0.2, 0) is 9.53 Å². The number of rotatable bonds is 6. The van der Waals surface area contributed by atoms with Gasteiger partial charge in [-0.1, -0.05) is 19.1 Å². The minimum atomic E-state index is -1.23. The van der Waals surface area contributed by atoms with Crippen LogP contribution in [0.15, 0.2) is 36.5 Å². The summed E-state index contributed by atoms with van der Waals surface area (Å²) < 4.78 is 19.3. The van der Waals surface area contributed by atoms with Gasteiger partial charge < -0.3 is 19.7 Å². The molecular weight excluding hydrogens is 463 g/mol. The fourth-order valence-electron chi connectivity index (χ4n) is 7.58. The van der Waals surface area contributed by atoms with Crippen molar-refractivity contribution < 1.29 is 19.0 Å². The van der Waals surface area contributed by atoms with E-state index in [-0.39, 0.29) is 35.0 Å². The molecule has 0 radical (unpaired) electrons. The molecule has 4 aliphatic rings. The highest BCUT2D eigenvalue weighted by molar-refractivity contribution is 7.14. The number of carbonyl (C=O) groups is 1. The summed E-state index contributed by atoms with van der Waals surface area (Å²) >= 11 is 1.14. The molecule has 7 rings (SSSR count). The van der Waals surface area contributed by atoms with Gasteiger partial charge in [0.2, 0.25) is 5.91 Å². The summed E-state index contributed by atoms with van der Waals surface area (Å²) in [5.74, 6) is -0.0483. The van der Waals surface area contributed by atoms with Gasteiger partial charge in [-0.15, -0.1) is 11.3 Å². The number of ether oxygens (including phenoxy) is 1. The summed E-state index contributed by atoms with van der Waals surface area (Å²) in [5, 5.41) is 11.9. The Hall–Kier alpha value is -2.22. The van der Waals surface area contributed by atoms with Gasteiger partial charge in [0.05, 0.1) is 0 Å². The maximum Gasteiger partial charge on any atom is 0.223 e. The smallest absolute Gasteiger partial charge is 0.223 e. The Balaban J connectivity index is 1.29. The number of aromatic nitrogens is 1. The number of methoxy groups -OCH3 is 1. The molecule has 35 heavy (non-hydrogen) atoms. The first-order valence-electron chi connectivity index (χ1n) is 12.7. The molecule has 1 aromatic carbocycles. The van der Waals surface area contributed by atoms with Crippen molar-refractivity contribution in [3.63, 3.8) is 0 Å². The molecule has 4 bridgehead atoms. The zero-order valence-electron chi connectivity index (χ0n) is 20.5. The Kier molecular flexibility index (Phi) is 5.58. The molecule has 7 heteroatoms. The molecule has 3 aromatic rings. The molecule has 4 fully saturated rings. The molecule has 2 saturated heterocycles. The predicted molar refractivity (Wildman–Crippen MR) is 136 cm³/mol. The number of nitrogens with one attached hydrogen (secondary N) is 1. The summed E-state index contributed by atoms with van der Waals surface area (Å²) in [7, 11) is 1.56. The number of aliphatic hydroxyl groups is 1. The van der Waals surface area contributed by atoms with Gasteiger partial charge in [0.15, 0.2) is 10.9 Å². The van der Waals surface area contributed by atoms with Crippen LogP contribution in [0.1, 0.15) is 57.4 Å². The van der Waals surface area contributed by atoms with Crippen molar-refractivity contribution in [1.29, 1.82) is 0 Å². The zero-order valence-corrected chi connectivity index (χ0v) is 21.3. The van der Waals surface area contributed by atoms with Gasteiger partial charge in [0.25, 0.3) is 0 Å². The van der Waals surface area contributed by atoms with Gasteiger partial charge in [-0.25, -0.2) is 0 Å². The van der Waals surface area contributed by atoms with Crippen molar-refractivity contribution in [2.24, 2.45) is 17.8 Å². The van der Waals surface area contributed by atoms with Gasteiger partial charge in [-0.2, -0.15) is 4.39 Å². The molecule has 0 spiro atoms. The van der Waals surface area contributed by atoms with Crippen molar-refractivity contribution in [1.82, 2.24) is 9.88 Å². The van der Waals surface area contributed by atoms with Crippen molar-refractivity contribution in [3.8, 4) is 10.4 Å². The highest BCUT2D eigenvalue weighted by atomic mass is 32.1.